The van der Waals surface area contributed by atoms with E-state index in [1.165, 1.54) is 12.8 Å². The van der Waals surface area contributed by atoms with Crippen LogP contribution in [0.2, 0.25) is 0 Å². The highest BCUT2D eigenvalue weighted by Gasteiger charge is 2.28. The number of hydrogen-bond acceptors (Lipinski definition) is 6. The fraction of sp³-hybridized carbons (Fsp3) is 0.704. The predicted octanol–water partition coefficient (Wildman–Crippen LogP) is 2.22. The lowest BCUT2D eigenvalue weighted by Gasteiger charge is -2.37. The number of likely N-dealkylation sites (N-methyl/N-ethyl adjacent to an activating group) is 2. The molecule has 2 aliphatic rings. The van der Waals surface area contributed by atoms with Crippen LogP contribution in [0.1, 0.15) is 43.2 Å². The number of aryl methyl sites for hydroxylation is 2. The zero-order valence-electron chi connectivity index (χ0n) is 23.2. The van der Waals surface area contributed by atoms with E-state index >= 15 is 0 Å². The minimum atomic E-state index is -1.33. The number of likely N-dealkylation sites (tertiary alicyclic amines) is 2. The number of nitrogens with zero attached hydrogens (tertiary/aromatic N) is 4. The van der Waals surface area contributed by atoms with Crippen LogP contribution < -0.4 is 4.74 Å². The van der Waals surface area contributed by atoms with E-state index in [2.05, 4.69) is 4.90 Å². The van der Waals surface area contributed by atoms with Crippen molar-refractivity contribution >= 4 is 22.8 Å². The van der Waals surface area contributed by atoms with Gasteiger partial charge in [-0.1, -0.05) is 0 Å². The molecule has 2 aliphatic heterocycles. The average Bonchev–Trinajstić information content (AvgIpc) is 3.42. The van der Waals surface area contributed by atoms with Crippen LogP contribution in [0, 0.1) is 13.8 Å². The maximum Gasteiger partial charge on any atom is 0.248 e. The summed E-state index contributed by atoms with van der Waals surface area (Å²) < 4.78 is 25.7. The first-order valence-electron chi connectivity index (χ1n) is 13.3. The monoisotopic (exact) mass is 536 g/mol. The van der Waals surface area contributed by atoms with Crippen LogP contribution in [0.25, 0.3) is 0 Å². The van der Waals surface area contributed by atoms with E-state index in [-0.39, 0.29) is 24.5 Å². The molecule has 1 atom stereocenters. The molecule has 1 aromatic carbocycles. The van der Waals surface area contributed by atoms with Gasteiger partial charge in [0.1, 0.15) is 23.3 Å². The number of carbonyl (C=O) groups is 2. The molecule has 1 aromatic rings. The van der Waals surface area contributed by atoms with Gasteiger partial charge in [-0.05, 0) is 75.9 Å². The summed E-state index contributed by atoms with van der Waals surface area (Å²) in [6.07, 6.45) is 4.65. The van der Waals surface area contributed by atoms with E-state index in [0.717, 1.165) is 54.2 Å². The lowest BCUT2D eigenvalue weighted by Crippen LogP contribution is -2.48. The molecule has 0 bridgehead atoms. The number of ether oxygens (including phenoxy) is 2. The van der Waals surface area contributed by atoms with Crippen molar-refractivity contribution in [2.24, 2.45) is 0 Å². The maximum atomic E-state index is 13.0. The Bertz CT molecular complexity index is 922. The Morgan fingerprint density at radius 3 is 2.27 bits per heavy atom. The zero-order chi connectivity index (χ0) is 26.9. The zero-order valence-corrected chi connectivity index (χ0v) is 24.0. The van der Waals surface area contributed by atoms with Crippen molar-refractivity contribution in [3.8, 4) is 5.75 Å². The minimum absolute atomic E-state index is 0.00739. The van der Waals surface area contributed by atoms with Gasteiger partial charge in [-0.2, -0.15) is 0 Å². The van der Waals surface area contributed by atoms with Crippen LogP contribution in [-0.4, -0.2) is 115 Å². The molecule has 0 saturated carbocycles. The van der Waals surface area contributed by atoms with Gasteiger partial charge in [0.05, 0.1) is 18.6 Å². The summed E-state index contributed by atoms with van der Waals surface area (Å²) >= 11 is 0. The highest BCUT2D eigenvalue weighted by atomic mass is 32.2. The van der Waals surface area contributed by atoms with Crippen molar-refractivity contribution < 1.29 is 23.3 Å². The van der Waals surface area contributed by atoms with Gasteiger partial charge in [0.25, 0.3) is 0 Å². The van der Waals surface area contributed by atoms with Crippen molar-refractivity contribution in [2.75, 3.05) is 73.7 Å². The predicted molar refractivity (Wildman–Crippen MR) is 145 cm³/mol. The Morgan fingerprint density at radius 2 is 1.68 bits per heavy atom. The molecule has 2 saturated heterocycles. The average molecular weight is 537 g/mol. The van der Waals surface area contributed by atoms with E-state index in [1.54, 1.807) is 23.4 Å². The molecule has 0 spiro atoms. The lowest BCUT2D eigenvalue weighted by molar-refractivity contribution is -0.139. The molecule has 1 unspecified atom stereocenters. The van der Waals surface area contributed by atoms with Crippen molar-refractivity contribution in [2.45, 2.75) is 56.9 Å². The van der Waals surface area contributed by atoms with E-state index in [1.807, 2.05) is 37.9 Å². The fourth-order valence-corrected chi connectivity index (χ4v) is 6.34. The van der Waals surface area contributed by atoms with Crippen molar-refractivity contribution in [1.29, 1.82) is 0 Å². The molecule has 208 valence electrons. The third kappa shape index (κ3) is 8.24. The van der Waals surface area contributed by atoms with Gasteiger partial charge in [0.15, 0.2) is 0 Å². The molecule has 37 heavy (non-hydrogen) atoms. The largest absolute Gasteiger partial charge is 0.497 e. The van der Waals surface area contributed by atoms with Gasteiger partial charge in [-0.15, -0.1) is 0 Å². The molecule has 9 nitrogen and oxygen atoms in total. The van der Waals surface area contributed by atoms with Crippen molar-refractivity contribution in [3.05, 3.63) is 23.3 Å². The molecule has 0 aromatic heterocycles. The quantitative estimate of drug-likeness (QED) is 0.381. The summed E-state index contributed by atoms with van der Waals surface area (Å²) in [5, 5.41) is 0. The smallest absolute Gasteiger partial charge is 0.248 e. The van der Waals surface area contributed by atoms with E-state index in [9.17, 15) is 13.8 Å². The third-order valence-electron chi connectivity index (χ3n) is 7.50. The number of benzene rings is 1. The Kier molecular flexibility index (Phi) is 11.4. The molecule has 10 heteroatoms. The van der Waals surface area contributed by atoms with Crippen LogP contribution in [0.4, 0.5) is 0 Å². The van der Waals surface area contributed by atoms with Gasteiger partial charge in [-0.3, -0.25) is 9.59 Å². The first kappa shape index (κ1) is 29.5. The molecule has 2 fully saturated rings. The molecule has 0 radical (unpaired) electrons. The summed E-state index contributed by atoms with van der Waals surface area (Å²) in [4.78, 5) is 32.1. The first-order chi connectivity index (χ1) is 17.7. The Morgan fingerprint density at radius 1 is 1.05 bits per heavy atom. The Hall–Kier alpha value is -2.01. The summed E-state index contributed by atoms with van der Waals surface area (Å²) in [6.45, 7) is 9.06. The van der Waals surface area contributed by atoms with Crippen LogP contribution in [-0.2, 0) is 25.3 Å². The highest BCUT2D eigenvalue weighted by molar-refractivity contribution is 7.82. The van der Waals surface area contributed by atoms with Crippen LogP contribution in [0.3, 0.4) is 0 Å². The fourth-order valence-electron chi connectivity index (χ4n) is 5.12. The van der Waals surface area contributed by atoms with E-state index in [0.29, 0.717) is 32.7 Å². The second-order valence-electron chi connectivity index (χ2n) is 10.2. The molecular weight excluding hydrogens is 492 g/mol. The van der Waals surface area contributed by atoms with Gasteiger partial charge in [-0.25, -0.2) is 8.51 Å². The number of carbonyl (C=O) groups excluding carboxylic acids is 2. The van der Waals surface area contributed by atoms with Crippen LogP contribution >= 0.6 is 0 Å². The number of hydrogen-bond donors (Lipinski definition) is 0. The molecule has 2 heterocycles. The molecular formula is C27H44N4O5S. The Balaban J connectivity index is 1.35. The standard InChI is InChI=1S/C27H44N4O5S/c1-21-18-24(35-5)19-22(2)27(21)37(34)28(3)16-17-36-20-26(33)29(4)23-8-14-31(15-9-23)25(32)10-13-30-11-6-7-12-30/h18-19,23H,6-17,20H2,1-5H3. The SMILES string of the molecule is COc1cc(C)c(S(=O)N(C)CCOCC(=O)N(C)C2CCN(C(=O)CCN3CCCC3)CC2)c(C)c1. The summed E-state index contributed by atoms with van der Waals surface area (Å²) in [5.74, 6) is 0.910. The van der Waals surface area contributed by atoms with Crippen molar-refractivity contribution in [1.82, 2.24) is 19.0 Å². The van der Waals surface area contributed by atoms with E-state index < -0.39 is 11.0 Å². The third-order valence-corrected chi connectivity index (χ3v) is 9.24. The van der Waals surface area contributed by atoms with Gasteiger partial charge >= 0.3 is 0 Å². The summed E-state index contributed by atoms with van der Waals surface area (Å²) in [6, 6.07) is 3.89. The number of rotatable bonds is 12. The summed E-state index contributed by atoms with van der Waals surface area (Å²) in [5.41, 5.74) is 1.83. The van der Waals surface area contributed by atoms with Crippen molar-refractivity contribution in [3.63, 3.8) is 0 Å². The van der Waals surface area contributed by atoms with Gasteiger partial charge in [0, 0.05) is 52.7 Å². The molecule has 0 aliphatic carbocycles. The molecule has 2 amide bonds. The van der Waals surface area contributed by atoms with Gasteiger partial charge < -0.3 is 24.2 Å². The molecule has 0 N–H and O–H groups in total. The second kappa shape index (κ2) is 14.2. The van der Waals surface area contributed by atoms with E-state index in [4.69, 9.17) is 9.47 Å². The Labute approximate surface area is 224 Å². The van der Waals surface area contributed by atoms with Crippen LogP contribution in [0.5, 0.6) is 5.75 Å². The maximum absolute atomic E-state index is 13.0. The number of methoxy groups -OCH3 is 1. The topological polar surface area (TPSA) is 82.6 Å². The highest BCUT2D eigenvalue weighted by Crippen LogP contribution is 2.25. The van der Waals surface area contributed by atoms with Gasteiger partial charge in [0.2, 0.25) is 11.8 Å². The number of amides is 2. The van der Waals surface area contributed by atoms with Crippen LogP contribution in [0.15, 0.2) is 17.0 Å². The summed E-state index contributed by atoms with van der Waals surface area (Å²) in [7, 11) is 3.89. The first-order valence-corrected chi connectivity index (χ1v) is 14.4. The lowest BCUT2D eigenvalue weighted by atomic mass is 10.0. The molecule has 3 rings (SSSR count). The second-order valence-corrected chi connectivity index (χ2v) is 11.7. The minimum Gasteiger partial charge on any atom is -0.497 e. The normalized spacial score (nSPS) is 17.8. The number of piperidine rings is 1.